The monoisotopic (exact) mass is 420 g/mol. The summed E-state index contributed by atoms with van der Waals surface area (Å²) in [5.41, 5.74) is 4.99. The molecule has 0 aromatic heterocycles. The normalized spacial score (nSPS) is 14.6. The van der Waals surface area contributed by atoms with E-state index in [1.165, 1.54) is 6.26 Å². The van der Waals surface area contributed by atoms with E-state index >= 15 is 0 Å². The lowest BCUT2D eigenvalue weighted by Crippen LogP contribution is -2.55. The van der Waals surface area contributed by atoms with Crippen LogP contribution in [0.2, 0.25) is 58.9 Å². The molecule has 145 valence electrons. The highest BCUT2D eigenvalue weighted by Crippen LogP contribution is 2.33. The molecule has 0 aromatic carbocycles. The standard InChI is InChI=1S/C15H34NO5Si4/c1-23(2,3)19-15(20-24(4,5)6,21-25(7,8)9)11-10-13(22)12-18-14(16)17/h12H,10-11H2,1-9H3,(H2,16,17). The van der Waals surface area contributed by atoms with E-state index in [9.17, 15) is 4.79 Å². The van der Waals surface area contributed by atoms with E-state index in [2.05, 4.69) is 69.2 Å². The van der Waals surface area contributed by atoms with E-state index in [0.717, 1.165) is 0 Å². The summed E-state index contributed by atoms with van der Waals surface area (Å²) in [6.07, 6.45) is 1.46. The number of carbonyl (C=O) groups is 1. The molecule has 0 aliphatic carbocycles. The Morgan fingerprint density at radius 2 is 1.28 bits per heavy atom. The fourth-order valence-corrected chi connectivity index (χ4v) is 5.88. The van der Waals surface area contributed by atoms with Crippen molar-refractivity contribution >= 4 is 41.3 Å². The van der Waals surface area contributed by atoms with E-state index in [1.54, 1.807) is 0 Å². The maximum Gasteiger partial charge on any atom is 0.409 e. The van der Waals surface area contributed by atoms with E-state index in [0.29, 0.717) is 18.0 Å². The molecule has 25 heavy (non-hydrogen) atoms. The zero-order valence-electron chi connectivity index (χ0n) is 17.1. The van der Waals surface area contributed by atoms with Gasteiger partial charge < -0.3 is 23.7 Å². The van der Waals surface area contributed by atoms with Gasteiger partial charge in [-0.2, -0.15) is 0 Å². The van der Waals surface area contributed by atoms with Crippen LogP contribution in [-0.2, 0) is 18.0 Å². The summed E-state index contributed by atoms with van der Waals surface area (Å²) in [7, 11) is -2.39. The van der Waals surface area contributed by atoms with Gasteiger partial charge in [-0.1, -0.05) is 5.20 Å². The minimum atomic E-state index is -1.95. The van der Waals surface area contributed by atoms with Gasteiger partial charge in [0.15, 0.2) is 25.0 Å². The Kier molecular flexibility index (Phi) is 9.02. The lowest BCUT2D eigenvalue weighted by atomic mass is 10.2. The average Bonchev–Trinajstić information content (AvgIpc) is 2.27. The minimum Gasteiger partial charge on any atom is -0.419 e. The van der Waals surface area contributed by atoms with Crippen molar-refractivity contribution in [2.45, 2.75) is 77.7 Å². The molecule has 0 saturated heterocycles. The van der Waals surface area contributed by atoms with Crippen LogP contribution in [0.3, 0.4) is 0 Å². The number of nitrogens with two attached hydrogens (primary N) is 1. The second-order valence-electron chi connectivity index (χ2n) is 8.91. The van der Waals surface area contributed by atoms with Crippen LogP contribution in [0.25, 0.3) is 0 Å². The first-order valence-corrected chi connectivity index (χ1v) is 19.1. The van der Waals surface area contributed by atoms with Crippen molar-refractivity contribution in [1.29, 1.82) is 0 Å². The number of ether oxygens (including phenoxy) is 1. The van der Waals surface area contributed by atoms with Gasteiger partial charge in [0.05, 0.1) is 16.5 Å². The molecule has 0 heterocycles. The maximum absolute atomic E-state index is 10.7. The summed E-state index contributed by atoms with van der Waals surface area (Å²) in [5.74, 6) is -1.09. The third-order valence-electron chi connectivity index (χ3n) is 2.40. The summed E-state index contributed by atoms with van der Waals surface area (Å²) in [5, 5.41) is 0.681. The number of amides is 1. The fourth-order valence-electron chi connectivity index (χ4n) is 2.09. The molecule has 1 amide bonds. The van der Waals surface area contributed by atoms with Gasteiger partial charge >= 0.3 is 6.09 Å². The summed E-state index contributed by atoms with van der Waals surface area (Å²) >= 11 is 0. The largest absolute Gasteiger partial charge is 0.419 e. The second-order valence-corrected chi connectivity index (χ2v) is 22.8. The Bertz CT molecular complexity index is 437. The summed E-state index contributed by atoms with van der Waals surface area (Å²) in [6, 6.07) is 0. The smallest absolute Gasteiger partial charge is 0.409 e. The second kappa shape index (κ2) is 9.11. The summed E-state index contributed by atoms with van der Waals surface area (Å²) in [4.78, 5) is 10.7. The van der Waals surface area contributed by atoms with Gasteiger partial charge in [0.2, 0.25) is 0 Å². The highest BCUT2D eigenvalue weighted by molar-refractivity contribution is 6.72. The minimum absolute atomic E-state index is 0.489. The molecule has 0 fully saturated rings. The van der Waals surface area contributed by atoms with Crippen LogP contribution in [0, 0.1) is 0 Å². The Labute approximate surface area is 159 Å². The van der Waals surface area contributed by atoms with Crippen molar-refractivity contribution in [3.05, 3.63) is 11.5 Å². The van der Waals surface area contributed by atoms with E-state index in [-0.39, 0.29) is 0 Å². The van der Waals surface area contributed by atoms with Crippen LogP contribution in [0.1, 0.15) is 12.8 Å². The van der Waals surface area contributed by atoms with Crippen LogP contribution in [0.5, 0.6) is 0 Å². The quantitative estimate of drug-likeness (QED) is 0.327. The zero-order chi connectivity index (χ0) is 20.1. The molecule has 0 saturated carbocycles. The van der Waals surface area contributed by atoms with Crippen molar-refractivity contribution in [3.8, 4) is 0 Å². The molecule has 0 bridgehead atoms. The van der Waals surface area contributed by atoms with Crippen molar-refractivity contribution in [2.75, 3.05) is 0 Å². The first-order valence-electron chi connectivity index (χ1n) is 8.40. The zero-order valence-corrected chi connectivity index (χ0v) is 21.1. The predicted octanol–water partition coefficient (Wildman–Crippen LogP) is 4.08. The van der Waals surface area contributed by atoms with Gasteiger partial charge in [-0.15, -0.1) is 0 Å². The van der Waals surface area contributed by atoms with Crippen LogP contribution >= 0.6 is 0 Å². The van der Waals surface area contributed by atoms with Gasteiger partial charge in [0.1, 0.15) is 0 Å². The highest BCUT2D eigenvalue weighted by Gasteiger charge is 2.44. The van der Waals surface area contributed by atoms with Crippen LogP contribution in [0.15, 0.2) is 11.5 Å². The number of carbonyl (C=O) groups excluding carboxylic acids is 1. The van der Waals surface area contributed by atoms with E-state index in [1.807, 2.05) is 0 Å². The molecule has 10 heteroatoms. The van der Waals surface area contributed by atoms with Crippen molar-refractivity contribution in [2.24, 2.45) is 5.73 Å². The van der Waals surface area contributed by atoms with Crippen LogP contribution < -0.4 is 5.73 Å². The molecule has 0 atom stereocenters. The summed E-state index contributed by atoms with van der Waals surface area (Å²) < 4.78 is 24.0. The lowest BCUT2D eigenvalue weighted by Gasteiger charge is -2.45. The van der Waals surface area contributed by atoms with E-state index < -0.39 is 37.0 Å². The van der Waals surface area contributed by atoms with Gasteiger partial charge in [-0.3, -0.25) is 0 Å². The van der Waals surface area contributed by atoms with Crippen molar-refractivity contribution < 1.29 is 22.8 Å². The molecule has 2 N–H and O–H groups in total. The molecule has 0 aliphatic heterocycles. The van der Waals surface area contributed by atoms with Crippen LogP contribution in [0.4, 0.5) is 4.79 Å². The Morgan fingerprint density at radius 1 is 0.920 bits per heavy atom. The van der Waals surface area contributed by atoms with Gasteiger partial charge in [0.25, 0.3) is 5.97 Å². The Balaban J connectivity index is 5.57. The molecule has 6 nitrogen and oxygen atoms in total. The number of allylic oxidation sites excluding steroid dienone is 1. The molecule has 0 unspecified atom stereocenters. The Morgan fingerprint density at radius 3 is 1.56 bits per heavy atom. The molecular formula is C15H34NO5Si4. The van der Waals surface area contributed by atoms with Gasteiger partial charge in [-0.25, -0.2) is 4.79 Å². The lowest BCUT2D eigenvalue weighted by molar-refractivity contribution is -0.273. The molecule has 3 radical (unpaired) electrons. The first kappa shape index (κ1) is 24.8. The first-order chi connectivity index (χ1) is 10.9. The molecule has 0 spiro atoms. The molecule has 0 aliphatic rings. The highest BCUT2D eigenvalue weighted by atomic mass is 28.4. The fraction of sp³-hybridized carbons (Fsp3) is 0.800. The van der Waals surface area contributed by atoms with Crippen molar-refractivity contribution in [1.82, 2.24) is 0 Å². The van der Waals surface area contributed by atoms with E-state index in [4.69, 9.17) is 23.7 Å². The third kappa shape index (κ3) is 13.6. The number of primary amides is 1. The molecule has 0 rings (SSSR count). The Hall–Kier alpha value is -0.242. The van der Waals surface area contributed by atoms with Crippen LogP contribution in [-0.4, -0.2) is 47.3 Å². The predicted molar refractivity (Wildman–Crippen MR) is 110 cm³/mol. The maximum atomic E-state index is 10.7. The third-order valence-corrected chi connectivity index (χ3v) is 5.54. The topological polar surface area (TPSA) is 80.0 Å². The molecule has 0 aromatic rings. The van der Waals surface area contributed by atoms with Crippen molar-refractivity contribution in [3.63, 3.8) is 0 Å². The average molecular weight is 421 g/mol. The number of hydrogen-bond acceptors (Lipinski definition) is 5. The molecular weight excluding hydrogens is 387 g/mol. The van der Waals surface area contributed by atoms with Gasteiger partial charge in [0, 0.05) is 6.42 Å². The van der Waals surface area contributed by atoms with Gasteiger partial charge in [-0.05, 0) is 65.3 Å². The summed E-state index contributed by atoms with van der Waals surface area (Å²) in [6.45, 7) is 19.0. The number of hydrogen-bond donors (Lipinski definition) is 1. The SMILES string of the molecule is C[Si](C)(C)OC(CCC([Si])=COC(N)=O)(O[Si](C)(C)C)O[Si](C)(C)C. The number of rotatable bonds is 10.